The van der Waals surface area contributed by atoms with Gasteiger partial charge in [0, 0.05) is 6.04 Å². The first-order chi connectivity index (χ1) is 8.02. The van der Waals surface area contributed by atoms with E-state index in [0.29, 0.717) is 5.92 Å². The molecule has 0 aromatic heterocycles. The van der Waals surface area contributed by atoms with Gasteiger partial charge in [-0.3, -0.25) is 9.59 Å². The lowest BCUT2D eigenvalue weighted by Crippen LogP contribution is -2.44. The Kier molecular flexibility index (Phi) is 4.74. The van der Waals surface area contributed by atoms with Crippen LogP contribution in [-0.2, 0) is 9.59 Å². The van der Waals surface area contributed by atoms with Gasteiger partial charge in [-0.05, 0) is 12.3 Å². The lowest BCUT2D eigenvalue weighted by Gasteiger charge is -2.06. The number of urea groups is 1. The van der Waals surface area contributed by atoms with Crippen LogP contribution in [-0.4, -0.2) is 42.1 Å². The lowest BCUT2D eigenvalue weighted by atomic mass is 10.3. The van der Waals surface area contributed by atoms with Crippen LogP contribution in [0.4, 0.5) is 4.79 Å². The fourth-order valence-electron chi connectivity index (χ4n) is 1.49. The molecule has 0 heterocycles. The second-order valence-electron chi connectivity index (χ2n) is 4.01. The van der Waals surface area contributed by atoms with Gasteiger partial charge in [0.2, 0.25) is 5.91 Å². The fraction of sp³-hybridized carbons (Fsp3) is 0.700. The van der Waals surface area contributed by atoms with Crippen LogP contribution in [0.3, 0.4) is 0 Å². The van der Waals surface area contributed by atoms with Crippen molar-refractivity contribution in [2.24, 2.45) is 5.92 Å². The van der Waals surface area contributed by atoms with Gasteiger partial charge in [0.1, 0.15) is 6.54 Å². The molecule has 2 unspecified atom stereocenters. The van der Waals surface area contributed by atoms with Crippen molar-refractivity contribution in [2.45, 2.75) is 25.8 Å². The smallest absolute Gasteiger partial charge is 0.322 e. The van der Waals surface area contributed by atoms with Gasteiger partial charge in [-0.25, -0.2) is 4.79 Å². The van der Waals surface area contributed by atoms with E-state index in [2.05, 4.69) is 22.9 Å². The van der Waals surface area contributed by atoms with E-state index in [4.69, 9.17) is 5.11 Å². The highest BCUT2D eigenvalue weighted by Crippen LogP contribution is 2.32. The molecule has 1 aliphatic rings. The molecule has 1 rings (SSSR count). The van der Waals surface area contributed by atoms with E-state index in [-0.39, 0.29) is 12.6 Å². The van der Waals surface area contributed by atoms with Crippen LogP contribution < -0.4 is 16.0 Å². The van der Waals surface area contributed by atoms with Gasteiger partial charge in [0.25, 0.3) is 0 Å². The Morgan fingerprint density at radius 2 is 1.94 bits per heavy atom. The summed E-state index contributed by atoms with van der Waals surface area (Å²) in [6, 6.07) is -0.182. The molecule has 0 aliphatic heterocycles. The van der Waals surface area contributed by atoms with Gasteiger partial charge < -0.3 is 21.1 Å². The van der Waals surface area contributed by atoms with Crippen LogP contribution in [0.1, 0.15) is 19.8 Å². The summed E-state index contributed by atoms with van der Waals surface area (Å²) in [7, 11) is 0. The van der Waals surface area contributed by atoms with E-state index in [0.717, 1.165) is 12.8 Å². The van der Waals surface area contributed by atoms with Crippen molar-refractivity contribution in [3.63, 3.8) is 0 Å². The molecule has 17 heavy (non-hydrogen) atoms. The fourth-order valence-corrected chi connectivity index (χ4v) is 1.49. The van der Waals surface area contributed by atoms with E-state index < -0.39 is 24.5 Å². The molecule has 0 saturated heterocycles. The van der Waals surface area contributed by atoms with Crippen LogP contribution in [0, 0.1) is 5.92 Å². The summed E-state index contributed by atoms with van der Waals surface area (Å²) in [4.78, 5) is 32.5. The van der Waals surface area contributed by atoms with Crippen molar-refractivity contribution < 1.29 is 19.5 Å². The van der Waals surface area contributed by atoms with E-state index in [1.165, 1.54) is 0 Å². The van der Waals surface area contributed by atoms with Gasteiger partial charge in [-0.2, -0.15) is 0 Å². The van der Waals surface area contributed by atoms with Crippen molar-refractivity contribution >= 4 is 17.9 Å². The van der Waals surface area contributed by atoms with Crippen LogP contribution >= 0.6 is 0 Å². The predicted molar refractivity (Wildman–Crippen MR) is 59.4 cm³/mol. The Bertz CT molecular complexity index is 319. The molecule has 1 aliphatic carbocycles. The second kappa shape index (κ2) is 6.07. The van der Waals surface area contributed by atoms with Gasteiger partial charge >= 0.3 is 12.0 Å². The first kappa shape index (κ1) is 13.3. The SMILES string of the molecule is CCC1CC1NC(=O)NCC(=O)NCC(=O)O. The highest BCUT2D eigenvalue weighted by atomic mass is 16.4. The van der Waals surface area contributed by atoms with Crippen molar-refractivity contribution in [1.29, 1.82) is 0 Å². The summed E-state index contributed by atoms with van der Waals surface area (Å²) in [5, 5.41) is 15.6. The highest BCUT2D eigenvalue weighted by molar-refractivity contribution is 5.86. The third-order valence-corrected chi connectivity index (χ3v) is 2.61. The molecule has 0 bridgehead atoms. The quantitative estimate of drug-likeness (QED) is 0.494. The summed E-state index contributed by atoms with van der Waals surface area (Å²) in [6.45, 7) is 1.40. The summed E-state index contributed by atoms with van der Waals surface area (Å²) in [5.41, 5.74) is 0. The number of nitrogens with one attached hydrogen (secondary N) is 3. The van der Waals surface area contributed by atoms with E-state index >= 15 is 0 Å². The number of hydrogen-bond acceptors (Lipinski definition) is 3. The highest BCUT2D eigenvalue weighted by Gasteiger charge is 2.36. The van der Waals surface area contributed by atoms with Crippen LogP contribution in [0.15, 0.2) is 0 Å². The summed E-state index contributed by atoms with van der Waals surface area (Å²) in [6.07, 6.45) is 2.01. The largest absolute Gasteiger partial charge is 0.480 e. The van der Waals surface area contributed by atoms with Gasteiger partial charge in [-0.15, -0.1) is 0 Å². The van der Waals surface area contributed by atoms with Crippen molar-refractivity contribution in [2.75, 3.05) is 13.1 Å². The number of aliphatic carboxylic acids is 1. The minimum absolute atomic E-state index is 0.210. The minimum Gasteiger partial charge on any atom is -0.480 e. The average Bonchev–Trinajstić information content (AvgIpc) is 3.02. The maximum absolute atomic E-state index is 11.3. The van der Waals surface area contributed by atoms with Crippen molar-refractivity contribution in [3.8, 4) is 0 Å². The summed E-state index contributed by atoms with van der Waals surface area (Å²) >= 11 is 0. The molecule has 2 atom stereocenters. The maximum Gasteiger partial charge on any atom is 0.322 e. The molecule has 1 fully saturated rings. The molecule has 1 saturated carbocycles. The van der Waals surface area contributed by atoms with E-state index in [9.17, 15) is 14.4 Å². The Morgan fingerprint density at radius 1 is 1.24 bits per heavy atom. The van der Waals surface area contributed by atoms with Crippen molar-refractivity contribution in [3.05, 3.63) is 0 Å². The van der Waals surface area contributed by atoms with Gasteiger partial charge in [0.05, 0.1) is 6.54 Å². The normalized spacial score (nSPS) is 21.5. The van der Waals surface area contributed by atoms with Gasteiger partial charge in [-0.1, -0.05) is 13.3 Å². The molecular weight excluding hydrogens is 226 g/mol. The molecule has 0 radical (unpaired) electrons. The molecule has 7 heteroatoms. The minimum atomic E-state index is -1.12. The van der Waals surface area contributed by atoms with Crippen LogP contribution in [0.25, 0.3) is 0 Å². The molecule has 0 spiro atoms. The molecule has 3 amide bonds. The average molecular weight is 243 g/mol. The zero-order valence-electron chi connectivity index (χ0n) is 9.66. The summed E-state index contributed by atoms with van der Waals surface area (Å²) in [5.74, 6) is -1.10. The van der Waals surface area contributed by atoms with Gasteiger partial charge in [0.15, 0.2) is 0 Å². The molecule has 7 nitrogen and oxygen atoms in total. The number of carboxylic acids is 1. The first-order valence-corrected chi connectivity index (χ1v) is 5.55. The Hall–Kier alpha value is -1.79. The number of amides is 3. The van der Waals surface area contributed by atoms with Crippen LogP contribution in [0.5, 0.6) is 0 Å². The number of carboxylic acid groups (broad SMARTS) is 1. The Morgan fingerprint density at radius 3 is 2.47 bits per heavy atom. The monoisotopic (exact) mass is 243 g/mol. The van der Waals surface area contributed by atoms with Crippen LogP contribution in [0.2, 0.25) is 0 Å². The topological polar surface area (TPSA) is 108 Å². The molecule has 0 aromatic carbocycles. The van der Waals surface area contributed by atoms with E-state index in [1.54, 1.807) is 0 Å². The maximum atomic E-state index is 11.3. The number of rotatable bonds is 6. The molecule has 96 valence electrons. The predicted octanol–water partition coefficient (Wildman–Crippen LogP) is -0.715. The van der Waals surface area contributed by atoms with E-state index in [1.807, 2.05) is 0 Å². The molecular formula is C10H17N3O4. The lowest BCUT2D eigenvalue weighted by molar-refractivity contribution is -0.137. The zero-order valence-corrected chi connectivity index (χ0v) is 9.66. The number of hydrogen-bond donors (Lipinski definition) is 4. The molecule has 4 N–H and O–H groups in total. The zero-order chi connectivity index (χ0) is 12.8. The standard InChI is InChI=1S/C10H17N3O4/c1-2-6-3-7(6)13-10(17)12-4-8(14)11-5-9(15)16/h6-7H,2-5H2,1H3,(H,11,14)(H,15,16)(H2,12,13,17). The first-order valence-electron chi connectivity index (χ1n) is 5.55. The Labute approximate surface area is 98.9 Å². The molecule has 0 aromatic rings. The second-order valence-corrected chi connectivity index (χ2v) is 4.01. The van der Waals surface area contributed by atoms with Crippen molar-refractivity contribution in [1.82, 2.24) is 16.0 Å². The number of carbonyl (C=O) groups is 3. The number of carbonyl (C=O) groups excluding carboxylic acids is 2. The third-order valence-electron chi connectivity index (χ3n) is 2.61. The Balaban J connectivity index is 2.07. The summed E-state index contributed by atoms with van der Waals surface area (Å²) < 4.78 is 0. The third kappa shape index (κ3) is 5.19.